The van der Waals surface area contributed by atoms with E-state index in [1.54, 1.807) is 10.6 Å². The Labute approximate surface area is 155 Å². The van der Waals surface area contributed by atoms with E-state index in [9.17, 15) is 9.18 Å². The fraction of sp³-hybridized carbons (Fsp3) is 0.400. The zero-order valence-corrected chi connectivity index (χ0v) is 14.7. The molecule has 0 unspecified atom stereocenters. The van der Waals surface area contributed by atoms with Gasteiger partial charge in [-0.2, -0.15) is 4.98 Å². The van der Waals surface area contributed by atoms with Crippen molar-refractivity contribution in [2.75, 3.05) is 33.1 Å². The number of halogens is 1. The molecule has 4 rings (SSSR count). The fourth-order valence-corrected chi connectivity index (χ4v) is 3.31. The maximum absolute atomic E-state index is 12.4. The van der Waals surface area contributed by atoms with Crippen LogP contribution in [0.4, 0.5) is 4.39 Å². The topological polar surface area (TPSA) is 62.6 Å². The molecule has 0 amide bonds. The standard InChI is InChI=1S/C20H19FN2O4/c21-6-1-2-14-3-4-17-15(10-14)5-7-23-18(17)11-19(22-20(23)24)27-13-16-12-25-8-9-26-16/h3-4,10-11,16H,5-9,12-13H2/t16-/m0/s1. The van der Waals surface area contributed by atoms with Crippen molar-refractivity contribution in [3.05, 3.63) is 45.9 Å². The number of ether oxygens (including phenoxy) is 3. The van der Waals surface area contributed by atoms with Crippen molar-refractivity contribution in [1.29, 1.82) is 0 Å². The van der Waals surface area contributed by atoms with E-state index in [0.29, 0.717) is 32.8 Å². The minimum Gasteiger partial charge on any atom is -0.475 e. The van der Waals surface area contributed by atoms with Gasteiger partial charge in [-0.15, -0.1) is 0 Å². The average molecular weight is 370 g/mol. The SMILES string of the molecule is O=c1nc(OC[C@@H]2COCCO2)cc2n1CCc1cc(C#CCF)ccc1-2. The van der Waals surface area contributed by atoms with Crippen LogP contribution in [-0.4, -0.2) is 48.8 Å². The van der Waals surface area contributed by atoms with Crippen molar-refractivity contribution < 1.29 is 18.6 Å². The Morgan fingerprint density at radius 3 is 3.07 bits per heavy atom. The summed E-state index contributed by atoms with van der Waals surface area (Å²) in [5.41, 5.74) is 3.20. The van der Waals surface area contributed by atoms with Crippen LogP contribution in [0.1, 0.15) is 11.1 Å². The third-order valence-electron chi connectivity index (χ3n) is 4.58. The molecule has 2 aliphatic heterocycles. The molecule has 7 heteroatoms. The second kappa shape index (κ2) is 7.91. The second-order valence-corrected chi connectivity index (χ2v) is 6.35. The second-order valence-electron chi connectivity index (χ2n) is 6.35. The van der Waals surface area contributed by atoms with Gasteiger partial charge < -0.3 is 14.2 Å². The molecule has 0 aliphatic carbocycles. The molecule has 0 spiro atoms. The zero-order chi connectivity index (χ0) is 18.6. The highest BCUT2D eigenvalue weighted by Crippen LogP contribution is 2.30. The van der Waals surface area contributed by atoms with E-state index < -0.39 is 6.67 Å². The summed E-state index contributed by atoms with van der Waals surface area (Å²) >= 11 is 0. The first kappa shape index (κ1) is 17.7. The molecular formula is C20H19FN2O4. The lowest BCUT2D eigenvalue weighted by atomic mass is 9.95. The Kier molecular flexibility index (Phi) is 5.19. The van der Waals surface area contributed by atoms with Crippen LogP contribution in [0.3, 0.4) is 0 Å². The van der Waals surface area contributed by atoms with Crippen LogP contribution in [0.25, 0.3) is 11.3 Å². The van der Waals surface area contributed by atoms with Crippen LogP contribution >= 0.6 is 0 Å². The minimum absolute atomic E-state index is 0.164. The molecule has 140 valence electrons. The average Bonchev–Trinajstić information content (AvgIpc) is 2.71. The number of hydrogen-bond donors (Lipinski definition) is 0. The lowest BCUT2D eigenvalue weighted by Gasteiger charge is -2.24. The van der Waals surface area contributed by atoms with E-state index in [0.717, 1.165) is 22.4 Å². The third kappa shape index (κ3) is 3.87. The van der Waals surface area contributed by atoms with E-state index in [4.69, 9.17) is 14.2 Å². The minimum atomic E-state index is -0.669. The van der Waals surface area contributed by atoms with E-state index in [2.05, 4.69) is 16.8 Å². The summed E-state index contributed by atoms with van der Waals surface area (Å²) in [5, 5.41) is 0. The van der Waals surface area contributed by atoms with Crippen molar-refractivity contribution >= 4 is 0 Å². The van der Waals surface area contributed by atoms with Gasteiger partial charge in [0.15, 0.2) is 6.67 Å². The van der Waals surface area contributed by atoms with E-state index in [1.807, 2.05) is 18.2 Å². The largest absolute Gasteiger partial charge is 0.475 e. The number of alkyl halides is 1. The van der Waals surface area contributed by atoms with Gasteiger partial charge in [0.25, 0.3) is 0 Å². The number of benzene rings is 1. The molecule has 0 saturated carbocycles. The maximum Gasteiger partial charge on any atom is 0.351 e. The number of aromatic nitrogens is 2. The number of rotatable bonds is 3. The van der Waals surface area contributed by atoms with Gasteiger partial charge >= 0.3 is 5.69 Å². The van der Waals surface area contributed by atoms with Crippen molar-refractivity contribution in [2.45, 2.75) is 19.1 Å². The Morgan fingerprint density at radius 2 is 2.26 bits per heavy atom. The first-order chi connectivity index (χ1) is 13.2. The maximum atomic E-state index is 12.4. The van der Waals surface area contributed by atoms with Crippen LogP contribution in [0, 0.1) is 11.8 Å². The van der Waals surface area contributed by atoms with Crippen molar-refractivity contribution in [3.63, 3.8) is 0 Å². The predicted octanol–water partition coefficient (Wildman–Crippen LogP) is 1.58. The lowest BCUT2D eigenvalue weighted by molar-refractivity contribution is -0.102. The quantitative estimate of drug-likeness (QED) is 0.768. The third-order valence-corrected chi connectivity index (χ3v) is 4.58. The molecule has 1 aromatic heterocycles. The number of nitrogens with zero attached hydrogens (tertiary/aromatic N) is 2. The molecule has 0 bridgehead atoms. The normalized spacial score (nSPS) is 18.0. The van der Waals surface area contributed by atoms with E-state index in [1.165, 1.54) is 0 Å². The highest BCUT2D eigenvalue weighted by molar-refractivity contribution is 5.67. The molecule has 1 fully saturated rings. The number of hydrogen-bond acceptors (Lipinski definition) is 5. The molecule has 3 heterocycles. The molecular weight excluding hydrogens is 351 g/mol. The molecule has 27 heavy (non-hydrogen) atoms. The summed E-state index contributed by atoms with van der Waals surface area (Å²) in [4.78, 5) is 16.4. The van der Waals surface area contributed by atoms with Crippen LogP contribution in [-0.2, 0) is 22.4 Å². The molecule has 0 N–H and O–H groups in total. The molecule has 1 aromatic carbocycles. The molecule has 0 radical (unpaired) electrons. The van der Waals surface area contributed by atoms with E-state index >= 15 is 0 Å². The Morgan fingerprint density at radius 1 is 1.33 bits per heavy atom. The molecule has 1 saturated heterocycles. The summed E-state index contributed by atoms with van der Waals surface area (Å²) in [5.74, 6) is 5.50. The number of fused-ring (bicyclic) bond motifs is 3. The van der Waals surface area contributed by atoms with Crippen LogP contribution < -0.4 is 10.4 Å². The zero-order valence-electron chi connectivity index (χ0n) is 14.7. The van der Waals surface area contributed by atoms with Gasteiger partial charge in [0, 0.05) is 23.7 Å². The van der Waals surface area contributed by atoms with Gasteiger partial charge in [-0.25, -0.2) is 9.18 Å². The van der Waals surface area contributed by atoms with Crippen molar-refractivity contribution in [1.82, 2.24) is 9.55 Å². The van der Waals surface area contributed by atoms with Gasteiger partial charge in [0.05, 0.1) is 25.5 Å². The van der Waals surface area contributed by atoms with E-state index in [-0.39, 0.29) is 24.3 Å². The first-order valence-corrected chi connectivity index (χ1v) is 8.87. The summed E-state index contributed by atoms with van der Waals surface area (Å²) in [6.07, 6.45) is 0.533. The van der Waals surface area contributed by atoms with Crippen molar-refractivity contribution in [2.24, 2.45) is 0 Å². The summed E-state index contributed by atoms with van der Waals surface area (Å²) < 4.78 is 30.5. The Bertz CT molecular complexity index is 955. The summed E-state index contributed by atoms with van der Waals surface area (Å²) in [6.45, 7) is 1.74. The first-order valence-electron chi connectivity index (χ1n) is 8.87. The monoisotopic (exact) mass is 370 g/mol. The van der Waals surface area contributed by atoms with Gasteiger partial charge in [0.1, 0.15) is 12.7 Å². The van der Waals surface area contributed by atoms with Crippen LogP contribution in [0.2, 0.25) is 0 Å². The van der Waals surface area contributed by atoms with Gasteiger partial charge in [-0.1, -0.05) is 17.9 Å². The Balaban J connectivity index is 1.61. The Hall–Kier alpha value is -2.69. The van der Waals surface area contributed by atoms with Gasteiger partial charge in [0.2, 0.25) is 5.88 Å². The molecule has 6 nitrogen and oxygen atoms in total. The van der Waals surface area contributed by atoms with Crippen LogP contribution in [0.15, 0.2) is 29.1 Å². The summed E-state index contributed by atoms with van der Waals surface area (Å²) in [7, 11) is 0. The van der Waals surface area contributed by atoms with Gasteiger partial charge in [-0.05, 0) is 24.1 Å². The fourth-order valence-electron chi connectivity index (χ4n) is 3.31. The molecule has 1 atom stereocenters. The predicted molar refractivity (Wildman–Crippen MR) is 96.5 cm³/mol. The lowest BCUT2D eigenvalue weighted by Crippen LogP contribution is -2.34. The number of aryl methyl sites for hydroxylation is 1. The van der Waals surface area contributed by atoms with Gasteiger partial charge in [-0.3, -0.25) is 4.57 Å². The highest BCUT2D eigenvalue weighted by atomic mass is 19.1. The molecule has 2 aromatic rings. The van der Waals surface area contributed by atoms with Crippen LogP contribution in [0.5, 0.6) is 5.88 Å². The molecule has 2 aliphatic rings. The highest BCUT2D eigenvalue weighted by Gasteiger charge is 2.20. The smallest absolute Gasteiger partial charge is 0.351 e. The van der Waals surface area contributed by atoms with Crippen molar-refractivity contribution in [3.8, 4) is 29.0 Å². The summed E-state index contributed by atoms with van der Waals surface area (Å²) in [6, 6.07) is 7.45.